The zero-order valence-corrected chi connectivity index (χ0v) is 14.8. The van der Waals surface area contributed by atoms with Crippen LogP contribution in [0.1, 0.15) is 25.3 Å². The van der Waals surface area contributed by atoms with Gasteiger partial charge in [-0.05, 0) is 31.5 Å². The number of phenolic OH excluding ortho intramolecular Hbond substituents is 1. The Hall–Kier alpha value is -2.83. The van der Waals surface area contributed by atoms with E-state index < -0.39 is 23.8 Å². The average molecular weight is 347 g/mol. The number of rotatable bonds is 4. The molecule has 1 aliphatic heterocycles. The van der Waals surface area contributed by atoms with Crippen molar-refractivity contribution < 1.29 is 28.9 Å². The van der Waals surface area contributed by atoms with Gasteiger partial charge in [0.15, 0.2) is 11.5 Å². The summed E-state index contributed by atoms with van der Waals surface area (Å²) in [5, 5.41) is 9.84. The first-order valence-corrected chi connectivity index (χ1v) is 7.64. The number of benzene rings is 1. The molecule has 134 valence electrons. The predicted octanol–water partition coefficient (Wildman–Crippen LogP) is 2.20. The van der Waals surface area contributed by atoms with Crippen molar-refractivity contribution in [3.8, 4) is 11.5 Å². The third-order valence-corrected chi connectivity index (χ3v) is 4.25. The van der Waals surface area contributed by atoms with Crippen LogP contribution in [0.25, 0.3) is 0 Å². The third kappa shape index (κ3) is 3.35. The first kappa shape index (κ1) is 18.5. The molecule has 0 fully saturated rings. The molecule has 2 atom stereocenters. The molecule has 1 heterocycles. The normalized spacial score (nSPS) is 20.0. The highest BCUT2D eigenvalue weighted by Crippen LogP contribution is 2.42. The standard InChI is InChI=1S/C18H21NO6/c1-9-14(17(21)24-4)16(15(10(2)19-9)18(22)25-5)11-6-7-12(20)13(8-11)23-3/h6-8,14,16,20H,1-5H3/t14?,16-/m0/s1. The molecule has 1 aromatic rings. The Labute approximate surface area is 145 Å². The molecule has 0 aliphatic carbocycles. The van der Waals surface area contributed by atoms with E-state index in [-0.39, 0.29) is 17.1 Å². The Bertz CT molecular complexity index is 765. The summed E-state index contributed by atoms with van der Waals surface area (Å²) < 4.78 is 14.9. The van der Waals surface area contributed by atoms with Crippen molar-refractivity contribution in [3.05, 3.63) is 35.0 Å². The van der Waals surface area contributed by atoms with Crippen LogP contribution in [0.15, 0.2) is 34.5 Å². The molecular weight excluding hydrogens is 326 g/mol. The van der Waals surface area contributed by atoms with E-state index in [0.717, 1.165) is 0 Å². The van der Waals surface area contributed by atoms with E-state index in [1.54, 1.807) is 26.0 Å². The lowest BCUT2D eigenvalue weighted by atomic mass is 9.75. The summed E-state index contributed by atoms with van der Waals surface area (Å²) in [6.07, 6.45) is 0. The maximum absolute atomic E-state index is 12.4. The molecule has 0 bridgehead atoms. The molecule has 0 saturated carbocycles. The Morgan fingerprint density at radius 2 is 1.80 bits per heavy atom. The number of esters is 2. The van der Waals surface area contributed by atoms with E-state index in [2.05, 4.69) is 4.99 Å². The highest BCUT2D eigenvalue weighted by Gasteiger charge is 2.42. The second-order valence-corrected chi connectivity index (χ2v) is 5.65. The molecule has 0 radical (unpaired) electrons. The maximum Gasteiger partial charge on any atom is 0.336 e. The first-order valence-electron chi connectivity index (χ1n) is 7.64. The minimum absolute atomic E-state index is 0.0395. The van der Waals surface area contributed by atoms with Crippen LogP contribution in [0.5, 0.6) is 11.5 Å². The van der Waals surface area contributed by atoms with Crippen LogP contribution < -0.4 is 4.74 Å². The summed E-state index contributed by atoms with van der Waals surface area (Å²) in [5.74, 6) is -2.32. The van der Waals surface area contributed by atoms with Crippen molar-refractivity contribution in [1.29, 1.82) is 0 Å². The van der Waals surface area contributed by atoms with Crippen LogP contribution in [0, 0.1) is 5.92 Å². The van der Waals surface area contributed by atoms with Crippen LogP contribution in [0.4, 0.5) is 0 Å². The Kier molecular flexibility index (Phi) is 5.46. The number of allylic oxidation sites excluding steroid dienone is 1. The van der Waals surface area contributed by atoms with Crippen molar-refractivity contribution in [2.75, 3.05) is 21.3 Å². The monoisotopic (exact) mass is 347 g/mol. The van der Waals surface area contributed by atoms with Gasteiger partial charge in [-0.3, -0.25) is 9.79 Å². The molecule has 1 aliphatic rings. The van der Waals surface area contributed by atoms with Gasteiger partial charge in [0.05, 0.1) is 26.9 Å². The largest absolute Gasteiger partial charge is 0.504 e. The SMILES string of the molecule is COC(=O)C1=C(C)N=C(C)C(C(=O)OC)[C@@H]1c1ccc(O)c(OC)c1. The molecule has 25 heavy (non-hydrogen) atoms. The number of aromatic hydroxyl groups is 1. The number of ether oxygens (including phenoxy) is 3. The van der Waals surface area contributed by atoms with Gasteiger partial charge in [-0.25, -0.2) is 4.79 Å². The Morgan fingerprint density at radius 3 is 2.36 bits per heavy atom. The van der Waals surface area contributed by atoms with Gasteiger partial charge < -0.3 is 19.3 Å². The van der Waals surface area contributed by atoms with Gasteiger partial charge in [-0.15, -0.1) is 0 Å². The minimum Gasteiger partial charge on any atom is -0.504 e. The Morgan fingerprint density at radius 1 is 1.12 bits per heavy atom. The quantitative estimate of drug-likeness (QED) is 0.839. The molecule has 0 saturated heterocycles. The fourth-order valence-corrected chi connectivity index (χ4v) is 3.09. The number of methoxy groups -OCH3 is 3. The Balaban J connectivity index is 2.70. The van der Waals surface area contributed by atoms with Gasteiger partial charge in [0.2, 0.25) is 0 Å². The van der Waals surface area contributed by atoms with Gasteiger partial charge in [0.1, 0.15) is 5.92 Å². The van der Waals surface area contributed by atoms with Gasteiger partial charge in [0, 0.05) is 17.3 Å². The number of hydrogen-bond donors (Lipinski definition) is 1. The smallest absolute Gasteiger partial charge is 0.336 e. The number of carbonyl (C=O) groups is 2. The van der Waals surface area contributed by atoms with Crippen LogP contribution in [0.3, 0.4) is 0 Å². The molecule has 7 nitrogen and oxygen atoms in total. The second kappa shape index (κ2) is 7.38. The van der Waals surface area contributed by atoms with Crippen LogP contribution in [-0.4, -0.2) is 44.1 Å². The van der Waals surface area contributed by atoms with Gasteiger partial charge in [-0.1, -0.05) is 6.07 Å². The maximum atomic E-state index is 12.4. The molecular formula is C18H21NO6. The van der Waals surface area contributed by atoms with E-state index in [0.29, 0.717) is 17.0 Å². The molecule has 0 amide bonds. The zero-order valence-electron chi connectivity index (χ0n) is 14.8. The molecule has 0 spiro atoms. The molecule has 7 heteroatoms. The highest BCUT2D eigenvalue weighted by atomic mass is 16.5. The molecule has 1 unspecified atom stereocenters. The summed E-state index contributed by atoms with van der Waals surface area (Å²) in [6.45, 7) is 3.40. The van der Waals surface area contributed by atoms with E-state index in [1.165, 1.54) is 27.4 Å². The van der Waals surface area contributed by atoms with E-state index >= 15 is 0 Å². The van der Waals surface area contributed by atoms with Crippen molar-refractivity contribution in [2.24, 2.45) is 10.9 Å². The minimum atomic E-state index is -0.781. The van der Waals surface area contributed by atoms with Crippen molar-refractivity contribution >= 4 is 17.7 Å². The van der Waals surface area contributed by atoms with Gasteiger partial charge in [-0.2, -0.15) is 0 Å². The van der Waals surface area contributed by atoms with E-state index in [4.69, 9.17) is 14.2 Å². The fourth-order valence-electron chi connectivity index (χ4n) is 3.09. The first-order chi connectivity index (χ1) is 11.8. The van der Waals surface area contributed by atoms with E-state index in [9.17, 15) is 14.7 Å². The fraction of sp³-hybridized carbons (Fsp3) is 0.389. The number of aliphatic imine (C=N–C) groups is 1. The highest BCUT2D eigenvalue weighted by molar-refractivity contribution is 6.06. The number of hydrogen-bond acceptors (Lipinski definition) is 7. The lowest BCUT2D eigenvalue weighted by Crippen LogP contribution is -2.36. The average Bonchev–Trinajstić information content (AvgIpc) is 2.60. The molecule has 1 aromatic carbocycles. The number of carbonyl (C=O) groups excluding carboxylic acids is 2. The summed E-state index contributed by atoms with van der Waals surface area (Å²) in [6, 6.07) is 4.67. The predicted molar refractivity (Wildman–Crippen MR) is 90.7 cm³/mol. The number of phenols is 1. The number of nitrogens with zero attached hydrogens (tertiary/aromatic N) is 1. The molecule has 1 N–H and O–H groups in total. The van der Waals surface area contributed by atoms with Crippen LogP contribution in [-0.2, 0) is 19.1 Å². The van der Waals surface area contributed by atoms with E-state index in [1.807, 2.05) is 0 Å². The van der Waals surface area contributed by atoms with Crippen LogP contribution >= 0.6 is 0 Å². The topological polar surface area (TPSA) is 94.4 Å². The zero-order chi connectivity index (χ0) is 18.7. The lowest BCUT2D eigenvalue weighted by molar-refractivity contribution is -0.143. The van der Waals surface area contributed by atoms with Crippen LogP contribution in [0.2, 0.25) is 0 Å². The van der Waals surface area contributed by atoms with Crippen molar-refractivity contribution in [3.63, 3.8) is 0 Å². The summed E-state index contributed by atoms with van der Waals surface area (Å²) in [4.78, 5) is 29.1. The lowest BCUT2D eigenvalue weighted by Gasteiger charge is -2.31. The third-order valence-electron chi connectivity index (χ3n) is 4.25. The summed E-state index contributed by atoms with van der Waals surface area (Å²) >= 11 is 0. The van der Waals surface area contributed by atoms with Gasteiger partial charge >= 0.3 is 11.9 Å². The summed E-state index contributed by atoms with van der Waals surface area (Å²) in [7, 11) is 3.98. The second-order valence-electron chi connectivity index (χ2n) is 5.65. The molecule has 2 rings (SSSR count). The molecule has 0 aromatic heterocycles. The summed E-state index contributed by atoms with van der Waals surface area (Å²) in [5.41, 5.74) is 1.89. The van der Waals surface area contributed by atoms with Crippen molar-refractivity contribution in [1.82, 2.24) is 0 Å². The van der Waals surface area contributed by atoms with Crippen molar-refractivity contribution in [2.45, 2.75) is 19.8 Å². The van der Waals surface area contributed by atoms with Gasteiger partial charge in [0.25, 0.3) is 0 Å².